The molecule has 0 amide bonds. The predicted octanol–water partition coefficient (Wildman–Crippen LogP) is 4.44. The van der Waals surface area contributed by atoms with E-state index in [2.05, 4.69) is 6.92 Å². The van der Waals surface area contributed by atoms with Crippen LogP contribution in [0, 0.1) is 0 Å². The minimum Gasteiger partial charge on any atom is -0.481 e. The molecule has 0 aromatic heterocycles. The van der Waals surface area contributed by atoms with E-state index in [1.807, 2.05) is 0 Å². The van der Waals surface area contributed by atoms with Crippen molar-refractivity contribution in [1.82, 2.24) is 0 Å². The van der Waals surface area contributed by atoms with Gasteiger partial charge >= 0.3 is 23.9 Å². The Kier molecular flexibility index (Phi) is 29.4. The zero-order chi connectivity index (χ0) is 29.8. The molecule has 0 saturated heterocycles. The molecule has 1 atom stereocenters. The molecule has 11 heteroatoms. The Morgan fingerprint density at radius 3 is 1.11 bits per heavy atom. The van der Waals surface area contributed by atoms with Crippen molar-refractivity contribution in [3.8, 4) is 0 Å². The number of hydrogen-bond donors (Lipinski definition) is 7. The Morgan fingerprint density at radius 2 is 0.895 bits per heavy atom. The highest BCUT2D eigenvalue weighted by molar-refractivity contribution is 5.88. The quantitative estimate of drug-likeness (QED) is 0.0933. The van der Waals surface area contributed by atoms with Gasteiger partial charge in [-0.2, -0.15) is 0 Å². The highest BCUT2D eigenvalue weighted by Crippen LogP contribution is 2.16. The Hall–Kier alpha value is -2.24. The summed E-state index contributed by atoms with van der Waals surface area (Å²) in [7, 11) is 0. The topological polar surface area (TPSA) is 210 Å². The zero-order valence-corrected chi connectivity index (χ0v) is 23.3. The van der Waals surface area contributed by atoms with Crippen LogP contribution in [0.3, 0.4) is 0 Å². The standard InChI is InChI=1S/C18H36O2.C6H8O7.C3H8O2/c1-2-3-4-5-6-7-8-9-10-11-12-13-14-15-16-17-18(19)20;7-3(8)1-6(13,5(11)12)2-4(9)10;1-3(5)2-4/h2-17H2,1H3,(H,19,20);13H,1-2H2,(H,7,8)(H,9,10)(H,11,12);3-5H,2H2,1H3. The van der Waals surface area contributed by atoms with Gasteiger partial charge in [0.15, 0.2) is 5.60 Å². The second-order valence-corrected chi connectivity index (χ2v) is 9.60. The van der Waals surface area contributed by atoms with Gasteiger partial charge in [0, 0.05) is 6.42 Å². The monoisotopic (exact) mass is 552 g/mol. The number of unbranched alkanes of at least 4 members (excludes halogenated alkanes) is 14. The molecule has 0 spiro atoms. The maximum Gasteiger partial charge on any atom is 0.336 e. The van der Waals surface area contributed by atoms with Crippen molar-refractivity contribution in [1.29, 1.82) is 0 Å². The van der Waals surface area contributed by atoms with Crippen molar-refractivity contribution in [3.05, 3.63) is 0 Å². The molecule has 0 aromatic rings. The molecule has 0 bridgehead atoms. The van der Waals surface area contributed by atoms with E-state index in [1.165, 1.54) is 90.4 Å². The highest BCUT2D eigenvalue weighted by Gasteiger charge is 2.40. The molecule has 0 aromatic carbocycles. The van der Waals surface area contributed by atoms with Crippen LogP contribution in [-0.2, 0) is 19.2 Å². The molecule has 1 unspecified atom stereocenters. The molecule has 7 N–H and O–H groups in total. The molecule has 0 aliphatic carbocycles. The molecule has 226 valence electrons. The van der Waals surface area contributed by atoms with Crippen LogP contribution in [0.1, 0.15) is 129 Å². The van der Waals surface area contributed by atoms with E-state index in [4.69, 9.17) is 35.7 Å². The van der Waals surface area contributed by atoms with E-state index in [9.17, 15) is 19.2 Å². The van der Waals surface area contributed by atoms with Crippen LogP contribution in [-0.4, -0.2) is 77.9 Å². The van der Waals surface area contributed by atoms with Gasteiger partial charge in [0.25, 0.3) is 0 Å². The van der Waals surface area contributed by atoms with Crippen LogP contribution in [0.5, 0.6) is 0 Å². The number of carboxylic acids is 4. The molecule has 11 nitrogen and oxygen atoms in total. The third kappa shape index (κ3) is 33.8. The van der Waals surface area contributed by atoms with Crippen LogP contribution < -0.4 is 0 Å². The van der Waals surface area contributed by atoms with E-state index in [-0.39, 0.29) is 6.61 Å². The smallest absolute Gasteiger partial charge is 0.336 e. The molecule has 0 aliphatic rings. The Bertz CT molecular complexity index is 590. The van der Waals surface area contributed by atoms with E-state index < -0.39 is 48.4 Å². The fraction of sp³-hybridized carbons (Fsp3) is 0.852. The lowest BCUT2D eigenvalue weighted by Gasteiger charge is -2.18. The lowest BCUT2D eigenvalue weighted by molar-refractivity contribution is -0.170. The zero-order valence-electron chi connectivity index (χ0n) is 23.3. The molecule has 0 radical (unpaired) electrons. The SMILES string of the molecule is CC(O)CO.CCCCCCCCCCCCCCCCCC(=O)O.O=C(O)CC(O)(CC(=O)O)C(=O)O. The van der Waals surface area contributed by atoms with Gasteiger partial charge < -0.3 is 35.7 Å². The molecule has 0 fully saturated rings. The summed E-state index contributed by atoms with van der Waals surface area (Å²) in [5.41, 5.74) is -2.74. The number of rotatable bonds is 22. The molecule has 0 aliphatic heterocycles. The van der Waals surface area contributed by atoms with Crippen molar-refractivity contribution in [2.24, 2.45) is 0 Å². The van der Waals surface area contributed by atoms with Gasteiger partial charge in [0.2, 0.25) is 0 Å². The minimum absolute atomic E-state index is 0.139. The summed E-state index contributed by atoms with van der Waals surface area (Å²) in [6.07, 6.45) is 17.4. The van der Waals surface area contributed by atoms with Crippen molar-refractivity contribution in [2.75, 3.05) is 6.61 Å². The number of carbonyl (C=O) groups is 4. The summed E-state index contributed by atoms with van der Waals surface area (Å²) in [5.74, 6) is -5.67. The largest absolute Gasteiger partial charge is 0.481 e. The molecule has 0 rings (SSSR count). The first-order chi connectivity index (χ1) is 17.8. The lowest BCUT2D eigenvalue weighted by Crippen LogP contribution is -2.42. The van der Waals surface area contributed by atoms with Crippen molar-refractivity contribution in [3.63, 3.8) is 0 Å². The Balaban J connectivity index is -0.000000580. The first-order valence-corrected chi connectivity index (χ1v) is 13.7. The number of aliphatic carboxylic acids is 4. The van der Waals surface area contributed by atoms with Gasteiger partial charge in [-0.3, -0.25) is 14.4 Å². The van der Waals surface area contributed by atoms with E-state index in [1.54, 1.807) is 0 Å². The number of aliphatic hydroxyl groups is 3. The van der Waals surface area contributed by atoms with Crippen molar-refractivity contribution >= 4 is 23.9 Å². The molecule has 38 heavy (non-hydrogen) atoms. The van der Waals surface area contributed by atoms with Crippen molar-refractivity contribution < 1.29 is 54.9 Å². The highest BCUT2D eigenvalue weighted by atomic mass is 16.4. The van der Waals surface area contributed by atoms with E-state index >= 15 is 0 Å². The normalized spacial score (nSPS) is 11.4. The van der Waals surface area contributed by atoms with Gasteiger partial charge in [-0.1, -0.05) is 96.8 Å². The van der Waals surface area contributed by atoms with Crippen LogP contribution in [0.25, 0.3) is 0 Å². The van der Waals surface area contributed by atoms with Gasteiger partial charge in [-0.15, -0.1) is 0 Å². The van der Waals surface area contributed by atoms with Crippen LogP contribution in [0.4, 0.5) is 0 Å². The van der Waals surface area contributed by atoms with Gasteiger partial charge in [0.05, 0.1) is 25.6 Å². The summed E-state index contributed by atoms with van der Waals surface area (Å²) >= 11 is 0. The Labute approximate surface area is 226 Å². The van der Waals surface area contributed by atoms with Gasteiger partial charge in [-0.05, 0) is 13.3 Å². The lowest BCUT2D eigenvalue weighted by atomic mass is 9.96. The minimum atomic E-state index is -2.74. The van der Waals surface area contributed by atoms with Gasteiger partial charge in [-0.25, -0.2) is 4.79 Å². The molecule has 0 heterocycles. The third-order valence-electron chi connectivity index (χ3n) is 5.54. The van der Waals surface area contributed by atoms with E-state index in [0.29, 0.717) is 6.42 Å². The fourth-order valence-electron chi connectivity index (χ4n) is 3.36. The number of aliphatic hydroxyl groups excluding tert-OH is 2. The summed E-state index contributed by atoms with van der Waals surface area (Å²) in [5, 5.41) is 58.3. The first kappa shape index (κ1) is 40.3. The molecule has 0 saturated carbocycles. The maximum absolute atomic E-state index is 10.3. The van der Waals surface area contributed by atoms with Crippen molar-refractivity contribution in [2.45, 2.75) is 141 Å². The summed E-state index contributed by atoms with van der Waals surface area (Å²) < 4.78 is 0. The predicted molar refractivity (Wildman–Crippen MR) is 143 cm³/mol. The average Bonchev–Trinajstić information content (AvgIpc) is 2.81. The number of hydrogen-bond acceptors (Lipinski definition) is 7. The average molecular weight is 553 g/mol. The second kappa shape index (κ2) is 27.8. The Morgan fingerprint density at radius 1 is 0.605 bits per heavy atom. The summed E-state index contributed by atoms with van der Waals surface area (Å²) in [6.45, 7) is 3.66. The third-order valence-corrected chi connectivity index (χ3v) is 5.54. The maximum atomic E-state index is 10.3. The molecular formula is C27H52O11. The van der Waals surface area contributed by atoms with Gasteiger partial charge in [0.1, 0.15) is 0 Å². The van der Waals surface area contributed by atoms with Crippen LogP contribution >= 0.6 is 0 Å². The van der Waals surface area contributed by atoms with Crippen LogP contribution in [0.2, 0.25) is 0 Å². The summed E-state index contributed by atoms with van der Waals surface area (Å²) in [6, 6.07) is 0. The fourth-order valence-corrected chi connectivity index (χ4v) is 3.36. The summed E-state index contributed by atoms with van der Waals surface area (Å²) in [4.78, 5) is 40.8. The first-order valence-electron chi connectivity index (χ1n) is 13.7. The second-order valence-electron chi connectivity index (χ2n) is 9.60. The van der Waals surface area contributed by atoms with E-state index in [0.717, 1.165) is 12.8 Å². The molecular weight excluding hydrogens is 500 g/mol. The number of carboxylic acid groups (broad SMARTS) is 4. The van der Waals surface area contributed by atoms with Crippen LogP contribution in [0.15, 0.2) is 0 Å².